The predicted molar refractivity (Wildman–Crippen MR) is 446 cm³/mol. The first-order chi connectivity index (χ1) is 50.9. The Balaban J connectivity index is 1.00. The Morgan fingerprint density at radius 3 is 1.15 bits per heavy atom. The number of benzene rings is 17. The third-order valence-corrected chi connectivity index (χ3v) is 22.6. The van der Waals surface area contributed by atoms with Crippen molar-refractivity contribution >= 4 is 122 Å². The number of aromatic nitrogens is 1. The van der Waals surface area contributed by atoms with Crippen molar-refractivity contribution in [1.82, 2.24) is 4.57 Å². The van der Waals surface area contributed by atoms with Crippen molar-refractivity contribution < 1.29 is 0 Å². The van der Waals surface area contributed by atoms with E-state index in [1.165, 1.54) is 109 Å². The van der Waals surface area contributed by atoms with Gasteiger partial charge in [0.15, 0.2) is 0 Å². The fourth-order valence-electron chi connectivity index (χ4n) is 17.6. The van der Waals surface area contributed by atoms with Gasteiger partial charge in [0.25, 0.3) is 6.71 Å². The predicted octanol–water partition coefficient (Wildman–Crippen LogP) is 25.5. The molecule has 0 radical (unpaired) electrons. The number of rotatable bonds is 9. The number of fused-ring (bicyclic) bond motifs is 9. The van der Waals surface area contributed by atoms with Crippen molar-refractivity contribution in [3.63, 3.8) is 0 Å². The van der Waals surface area contributed by atoms with Crippen LogP contribution >= 0.6 is 0 Å². The zero-order valence-corrected chi connectivity index (χ0v) is 59.3. The van der Waals surface area contributed by atoms with Gasteiger partial charge in [0.2, 0.25) is 0 Å². The van der Waals surface area contributed by atoms with Crippen LogP contribution in [0.25, 0.3) is 137 Å². The highest BCUT2D eigenvalue weighted by atomic mass is 15.2. The van der Waals surface area contributed by atoms with E-state index in [9.17, 15) is 0 Å². The van der Waals surface area contributed by atoms with E-state index in [0.29, 0.717) is 0 Å². The van der Waals surface area contributed by atoms with Crippen LogP contribution in [0.5, 0.6) is 0 Å². The molecule has 0 spiro atoms. The maximum absolute atomic E-state index is 2.75. The van der Waals surface area contributed by atoms with Crippen LogP contribution in [0.15, 0.2) is 340 Å². The van der Waals surface area contributed by atoms with Crippen LogP contribution in [-0.4, -0.2) is 11.3 Å². The molecule has 4 heteroatoms. The molecular weight excluding hydrogens is 1250 g/mol. The molecule has 2 aliphatic rings. The maximum atomic E-state index is 2.75. The molecule has 0 atom stereocenters. The van der Waals surface area contributed by atoms with E-state index in [1.54, 1.807) is 0 Å². The van der Waals surface area contributed by atoms with E-state index in [2.05, 4.69) is 396 Å². The maximum Gasteiger partial charge on any atom is 0.252 e. The molecule has 0 saturated carbocycles. The molecule has 3 nitrogen and oxygen atoms in total. The van der Waals surface area contributed by atoms with E-state index in [4.69, 9.17) is 0 Å². The largest absolute Gasteiger partial charge is 0.310 e. The van der Waals surface area contributed by atoms with Gasteiger partial charge in [-0.05, 0) is 187 Å². The minimum atomic E-state index is -0.270. The zero-order valence-electron chi connectivity index (χ0n) is 59.3. The molecule has 0 saturated heterocycles. The van der Waals surface area contributed by atoms with Gasteiger partial charge in [0.1, 0.15) is 0 Å². The molecule has 20 rings (SSSR count). The van der Waals surface area contributed by atoms with Gasteiger partial charge in [-0.15, -0.1) is 0 Å². The van der Waals surface area contributed by atoms with Crippen molar-refractivity contribution in [2.75, 3.05) is 9.80 Å². The lowest BCUT2D eigenvalue weighted by Gasteiger charge is -2.46. The molecule has 0 aliphatic carbocycles. The molecule has 1 aromatic heterocycles. The number of hydrogen-bond donors (Lipinski definition) is 0. The van der Waals surface area contributed by atoms with Gasteiger partial charge in [-0.25, -0.2) is 0 Å². The average Bonchev–Trinajstić information content (AvgIpc) is 0.739. The van der Waals surface area contributed by atoms with Gasteiger partial charge in [-0.2, -0.15) is 0 Å². The van der Waals surface area contributed by atoms with Crippen molar-refractivity contribution in [3.8, 4) is 72.4 Å². The Morgan fingerprint density at radius 2 is 0.663 bits per heavy atom. The smallest absolute Gasteiger partial charge is 0.252 e. The minimum Gasteiger partial charge on any atom is -0.310 e. The normalized spacial score (nSPS) is 12.8. The van der Waals surface area contributed by atoms with E-state index in [0.717, 1.165) is 89.8 Å². The zero-order chi connectivity index (χ0) is 69.7. The van der Waals surface area contributed by atoms with Crippen molar-refractivity contribution in [3.05, 3.63) is 351 Å². The molecule has 0 N–H and O–H groups in total. The van der Waals surface area contributed by atoms with Crippen LogP contribution in [0.2, 0.25) is 0 Å². The van der Waals surface area contributed by atoms with Crippen LogP contribution < -0.4 is 26.2 Å². The SMILES string of the molecule is CC(C)(C)c1cc(-c2ccccc2)c(N2c3ccc(-c4ccccc4)cc3B3c4ccc(-c5ccc6cccc7c8cccc9cccc(c5c67)c98)cc4N(c4c(-c5ccccc5)cc(C(C)(C)C)cc4-c4ccccc4)c4cc(-n5c6ccccc6c6ccccc65)cc2c43)c(-c2ccccc2)c1. The number of para-hydroxylation sites is 2. The Labute approximate surface area is 608 Å². The molecular formula is C100H74BN3. The van der Waals surface area contributed by atoms with Crippen LogP contribution in [0.4, 0.5) is 34.1 Å². The number of hydrogen-bond acceptors (Lipinski definition) is 2. The second kappa shape index (κ2) is 23.5. The summed E-state index contributed by atoms with van der Waals surface area (Å²) in [4.78, 5) is 5.46. The summed E-state index contributed by atoms with van der Waals surface area (Å²) in [7, 11) is 0. The minimum absolute atomic E-state index is 0.195. The van der Waals surface area contributed by atoms with Crippen molar-refractivity contribution in [2.24, 2.45) is 0 Å². The summed E-state index contributed by atoms with van der Waals surface area (Å²) in [5.41, 5.74) is 29.9. The van der Waals surface area contributed by atoms with E-state index in [-0.39, 0.29) is 17.5 Å². The van der Waals surface area contributed by atoms with E-state index >= 15 is 0 Å². The third kappa shape index (κ3) is 9.58. The third-order valence-electron chi connectivity index (χ3n) is 22.6. The highest BCUT2D eigenvalue weighted by molar-refractivity contribution is 7.00. The first kappa shape index (κ1) is 61.4. The Morgan fingerprint density at radius 1 is 0.250 bits per heavy atom. The molecule has 0 bridgehead atoms. The standard InChI is InChI=1S/C100H74BN3/c1-99(2,3)72-57-81(64-31-14-8-15-32-64)97(82(58-72)65-33-16-9-17-34-65)103-89-54-51-70(63-29-12-7-13-30-63)55-86(89)101-85-53-50-71(75-52-49-69-41-27-45-79-78-44-26-39-68-40-28-46-80(93(68)78)95(75)94(69)79)56-90(85)104(92-62-74(61-91(103)96(92)101)102-87-47-24-22-42-76(87)77-43-23-25-48-88(77)102)98-83(66-35-18-10-19-36-66)59-73(100(4,5)6)60-84(98)67-37-20-11-21-38-67/h7-62H,1-6H3. The summed E-state index contributed by atoms with van der Waals surface area (Å²) in [6.45, 7) is 13.9. The monoisotopic (exact) mass is 1330 g/mol. The topological polar surface area (TPSA) is 11.4 Å². The van der Waals surface area contributed by atoms with Crippen LogP contribution in [0, 0.1) is 0 Å². The van der Waals surface area contributed by atoms with Gasteiger partial charge >= 0.3 is 0 Å². The lowest BCUT2D eigenvalue weighted by molar-refractivity contribution is 0.590. The van der Waals surface area contributed by atoms with E-state index in [1.807, 2.05) is 0 Å². The Hall–Kier alpha value is -12.5. The van der Waals surface area contributed by atoms with Gasteiger partial charge in [0.05, 0.1) is 28.1 Å². The molecule has 17 aromatic carbocycles. The second-order valence-electron chi connectivity index (χ2n) is 30.7. The van der Waals surface area contributed by atoms with Crippen LogP contribution in [0.3, 0.4) is 0 Å². The van der Waals surface area contributed by atoms with Crippen molar-refractivity contribution in [2.45, 2.75) is 52.4 Å². The van der Waals surface area contributed by atoms with Crippen LogP contribution in [0.1, 0.15) is 52.7 Å². The summed E-state index contributed by atoms with van der Waals surface area (Å²) in [6.07, 6.45) is 0. The molecule has 0 unspecified atom stereocenters. The molecule has 2 aliphatic heterocycles. The number of anilines is 6. The Kier molecular flexibility index (Phi) is 13.9. The average molecular weight is 1330 g/mol. The van der Waals surface area contributed by atoms with Gasteiger partial charge < -0.3 is 14.4 Å². The lowest BCUT2D eigenvalue weighted by atomic mass is 9.33. The summed E-state index contributed by atoms with van der Waals surface area (Å²) in [6, 6.07) is 129. The summed E-state index contributed by atoms with van der Waals surface area (Å²) in [5, 5.41) is 12.6. The number of nitrogens with zero attached hydrogens (tertiary/aromatic N) is 3. The van der Waals surface area contributed by atoms with Gasteiger partial charge in [-0.3, -0.25) is 0 Å². The Bertz CT molecular complexity index is 6300. The quantitative estimate of drug-likeness (QED) is 0.0811. The van der Waals surface area contributed by atoms with E-state index < -0.39 is 0 Å². The van der Waals surface area contributed by atoms with Gasteiger partial charge in [0, 0.05) is 55.8 Å². The lowest BCUT2D eigenvalue weighted by Crippen LogP contribution is -2.61. The first-order valence-electron chi connectivity index (χ1n) is 36.7. The summed E-state index contributed by atoms with van der Waals surface area (Å²) >= 11 is 0. The highest BCUT2D eigenvalue weighted by Gasteiger charge is 2.46. The fourth-order valence-corrected chi connectivity index (χ4v) is 17.6. The molecule has 0 fully saturated rings. The molecule has 0 amide bonds. The van der Waals surface area contributed by atoms with Crippen LogP contribution in [-0.2, 0) is 10.8 Å². The second-order valence-corrected chi connectivity index (χ2v) is 30.7. The molecule has 3 heterocycles. The summed E-state index contributed by atoms with van der Waals surface area (Å²) in [5.74, 6) is 0. The van der Waals surface area contributed by atoms with Gasteiger partial charge in [-0.1, -0.05) is 321 Å². The summed E-state index contributed by atoms with van der Waals surface area (Å²) < 4.78 is 2.56. The fraction of sp³-hybridized carbons (Fsp3) is 0.0800. The highest BCUT2D eigenvalue weighted by Crippen LogP contribution is 2.56. The molecule has 104 heavy (non-hydrogen) atoms. The van der Waals surface area contributed by atoms with Crippen molar-refractivity contribution in [1.29, 1.82) is 0 Å². The molecule has 492 valence electrons. The first-order valence-corrected chi connectivity index (χ1v) is 36.7. The molecule has 18 aromatic rings.